The van der Waals surface area contributed by atoms with Crippen molar-refractivity contribution in [1.29, 1.82) is 0 Å². The fraction of sp³-hybridized carbons (Fsp3) is 0. The van der Waals surface area contributed by atoms with Crippen LogP contribution in [0.4, 0.5) is 5.82 Å². The van der Waals surface area contributed by atoms with E-state index in [1.807, 2.05) is 12.1 Å². The van der Waals surface area contributed by atoms with Gasteiger partial charge in [-0.25, -0.2) is 0 Å². The fourth-order valence-corrected chi connectivity index (χ4v) is 1.29. The molecule has 0 atom stereocenters. The number of aromatic amines is 1. The Morgan fingerprint density at radius 3 is 2.62 bits per heavy atom. The molecule has 1 heterocycles. The molecule has 0 bridgehead atoms. The van der Waals surface area contributed by atoms with Crippen molar-refractivity contribution in [1.82, 2.24) is 4.98 Å². The van der Waals surface area contributed by atoms with E-state index in [9.17, 15) is 5.11 Å². The summed E-state index contributed by atoms with van der Waals surface area (Å²) in [5.41, 5.74) is 7.21. The molecule has 0 unspecified atom stereocenters. The van der Waals surface area contributed by atoms with Gasteiger partial charge in [-0.15, -0.1) is 0 Å². The van der Waals surface area contributed by atoms with Gasteiger partial charge in [0.1, 0.15) is 11.6 Å². The third-order valence-electron chi connectivity index (χ3n) is 1.92. The Morgan fingerprint density at radius 2 is 2.00 bits per heavy atom. The standard InChI is InChI=1S/C10H10N2O/c11-10-5-7(6-12-10)8-3-1-2-4-9(8)13/h1-6,12-13H,11H2. The third-order valence-corrected chi connectivity index (χ3v) is 1.92. The Labute approximate surface area is 75.8 Å². The molecule has 3 nitrogen and oxygen atoms in total. The van der Waals surface area contributed by atoms with Crippen LogP contribution < -0.4 is 5.73 Å². The SMILES string of the molecule is Nc1cc(-c2ccccc2O)c[nH]1. The van der Waals surface area contributed by atoms with Crippen molar-refractivity contribution in [3.05, 3.63) is 36.5 Å². The zero-order valence-electron chi connectivity index (χ0n) is 6.99. The molecule has 4 N–H and O–H groups in total. The number of nitrogens with two attached hydrogens (primary N) is 1. The molecule has 1 aromatic carbocycles. The van der Waals surface area contributed by atoms with E-state index in [1.165, 1.54) is 0 Å². The van der Waals surface area contributed by atoms with Crippen molar-refractivity contribution in [2.24, 2.45) is 0 Å². The van der Waals surface area contributed by atoms with E-state index >= 15 is 0 Å². The predicted octanol–water partition coefficient (Wildman–Crippen LogP) is 1.97. The van der Waals surface area contributed by atoms with Gasteiger partial charge in [0, 0.05) is 17.3 Å². The molecule has 0 fully saturated rings. The van der Waals surface area contributed by atoms with Crippen molar-refractivity contribution >= 4 is 5.82 Å². The lowest BCUT2D eigenvalue weighted by atomic mass is 10.1. The zero-order valence-corrected chi connectivity index (χ0v) is 6.99. The Morgan fingerprint density at radius 1 is 1.23 bits per heavy atom. The van der Waals surface area contributed by atoms with Crippen molar-refractivity contribution < 1.29 is 5.11 Å². The Kier molecular flexibility index (Phi) is 1.70. The number of hydrogen-bond donors (Lipinski definition) is 3. The van der Waals surface area contributed by atoms with Gasteiger partial charge in [0.25, 0.3) is 0 Å². The molecule has 1 aromatic heterocycles. The highest BCUT2D eigenvalue weighted by Gasteiger charge is 2.03. The van der Waals surface area contributed by atoms with Gasteiger partial charge in [0.05, 0.1) is 0 Å². The summed E-state index contributed by atoms with van der Waals surface area (Å²) in [5.74, 6) is 0.861. The molecule has 2 rings (SSSR count). The minimum Gasteiger partial charge on any atom is -0.507 e. The molecule has 0 saturated carbocycles. The lowest BCUT2D eigenvalue weighted by Crippen LogP contribution is -1.80. The first-order chi connectivity index (χ1) is 6.27. The fourth-order valence-electron chi connectivity index (χ4n) is 1.29. The second-order valence-corrected chi connectivity index (χ2v) is 2.86. The Hall–Kier alpha value is -1.90. The maximum Gasteiger partial charge on any atom is 0.123 e. The molecule has 3 heteroatoms. The highest BCUT2D eigenvalue weighted by atomic mass is 16.3. The first-order valence-corrected chi connectivity index (χ1v) is 3.99. The van der Waals surface area contributed by atoms with Crippen LogP contribution in [0.3, 0.4) is 0 Å². The maximum atomic E-state index is 9.52. The monoisotopic (exact) mass is 174 g/mol. The number of rotatable bonds is 1. The van der Waals surface area contributed by atoms with Crippen molar-refractivity contribution in [2.75, 3.05) is 5.73 Å². The topological polar surface area (TPSA) is 62.0 Å². The largest absolute Gasteiger partial charge is 0.507 e. The summed E-state index contributed by atoms with van der Waals surface area (Å²) < 4.78 is 0. The van der Waals surface area contributed by atoms with Crippen molar-refractivity contribution in [2.45, 2.75) is 0 Å². The molecule has 0 saturated heterocycles. The molecule has 0 aliphatic heterocycles. The van der Waals surface area contributed by atoms with E-state index in [4.69, 9.17) is 5.73 Å². The number of anilines is 1. The molecule has 2 aromatic rings. The van der Waals surface area contributed by atoms with Crippen LogP contribution in [-0.4, -0.2) is 10.1 Å². The van der Waals surface area contributed by atoms with Gasteiger partial charge in [-0.1, -0.05) is 18.2 Å². The normalized spacial score (nSPS) is 10.2. The van der Waals surface area contributed by atoms with Gasteiger partial charge in [-0.3, -0.25) is 0 Å². The number of nitrogen functional groups attached to an aromatic ring is 1. The number of nitrogens with one attached hydrogen (secondary N) is 1. The highest BCUT2D eigenvalue weighted by molar-refractivity contribution is 5.71. The Bertz CT molecular complexity index is 420. The smallest absolute Gasteiger partial charge is 0.123 e. The number of phenolic OH excluding ortho intramolecular Hbond substituents is 1. The van der Waals surface area contributed by atoms with Gasteiger partial charge in [-0.05, 0) is 12.1 Å². The minimum absolute atomic E-state index is 0.265. The molecular weight excluding hydrogens is 164 g/mol. The summed E-state index contributed by atoms with van der Waals surface area (Å²) in [7, 11) is 0. The zero-order chi connectivity index (χ0) is 9.26. The average molecular weight is 174 g/mol. The van der Waals surface area contributed by atoms with Gasteiger partial charge in [0.2, 0.25) is 0 Å². The lowest BCUT2D eigenvalue weighted by Gasteiger charge is -1.99. The molecule has 0 aliphatic carbocycles. The summed E-state index contributed by atoms with van der Waals surface area (Å²) in [6.07, 6.45) is 1.77. The summed E-state index contributed by atoms with van der Waals surface area (Å²) in [4.78, 5) is 2.86. The van der Waals surface area contributed by atoms with Crippen LogP contribution in [0.25, 0.3) is 11.1 Å². The van der Waals surface area contributed by atoms with Crippen molar-refractivity contribution in [3.63, 3.8) is 0 Å². The summed E-state index contributed by atoms with van der Waals surface area (Å²) in [6, 6.07) is 8.94. The van der Waals surface area contributed by atoms with E-state index in [-0.39, 0.29) is 5.75 Å². The number of benzene rings is 1. The van der Waals surface area contributed by atoms with Crippen LogP contribution in [0.15, 0.2) is 36.5 Å². The summed E-state index contributed by atoms with van der Waals surface area (Å²) in [6.45, 7) is 0. The molecule has 0 radical (unpaired) electrons. The number of para-hydroxylation sites is 1. The van der Waals surface area contributed by atoms with E-state index in [0.717, 1.165) is 11.1 Å². The number of aromatic hydroxyl groups is 1. The van der Waals surface area contributed by atoms with Gasteiger partial charge in [-0.2, -0.15) is 0 Å². The van der Waals surface area contributed by atoms with Crippen LogP contribution in [0.5, 0.6) is 5.75 Å². The van der Waals surface area contributed by atoms with E-state index in [0.29, 0.717) is 5.82 Å². The quantitative estimate of drug-likeness (QED) is 0.619. The van der Waals surface area contributed by atoms with Gasteiger partial charge >= 0.3 is 0 Å². The van der Waals surface area contributed by atoms with Crippen molar-refractivity contribution in [3.8, 4) is 16.9 Å². The van der Waals surface area contributed by atoms with Crippen LogP contribution >= 0.6 is 0 Å². The summed E-state index contributed by atoms with van der Waals surface area (Å²) in [5, 5.41) is 9.52. The first kappa shape index (κ1) is 7.73. The maximum absolute atomic E-state index is 9.52. The Balaban J connectivity index is 2.52. The number of hydrogen-bond acceptors (Lipinski definition) is 2. The van der Waals surface area contributed by atoms with Crippen LogP contribution in [-0.2, 0) is 0 Å². The summed E-state index contributed by atoms with van der Waals surface area (Å²) >= 11 is 0. The van der Waals surface area contributed by atoms with Gasteiger partial charge < -0.3 is 15.8 Å². The predicted molar refractivity (Wildman–Crippen MR) is 52.3 cm³/mol. The van der Waals surface area contributed by atoms with Crippen LogP contribution in [0.2, 0.25) is 0 Å². The molecule has 0 amide bonds. The highest BCUT2D eigenvalue weighted by Crippen LogP contribution is 2.29. The minimum atomic E-state index is 0.265. The number of aromatic nitrogens is 1. The average Bonchev–Trinajstić information content (AvgIpc) is 2.53. The van der Waals surface area contributed by atoms with Crippen LogP contribution in [0, 0.1) is 0 Å². The molecule has 13 heavy (non-hydrogen) atoms. The van der Waals surface area contributed by atoms with E-state index < -0.39 is 0 Å². The number of H-pyrrole nitrogens is 1. The second kappa shape index (κ2) is 2.86. The third kappa shape index (κ3) is 1.36. The molecular formula is C10H10N2O. The number of phenols is 1. The first-order valence-electron chi connectivity index (χ1n) is 3.99. The molecule has 0 aliphatic rings. The lowest BCUT2D eigenvalue weighted by molar-refractivity contribution is 0.477. The molecule has 0 spiro atoms. The van der Waals surface area contributed by atoms with E-state index in [2.05, 4.69) is 4.98 Å². The van der Waals surface area contributed by atoms with E-state index in [1.54, 1.807) is 24.4 Å². The second-order valence-electron chi connectivity index (χ2n) is 2.86. The van der Waals surface area contributed by atoms with Crippen LogP contribution in [0.1, 0.15) is 0 Å². The molecule has 66 valence electrons. The van der Waals surface area contributed by atoms with Gasteiger partial charge in [0.15, 0.2) is 0 Å².